The molecule has 0 saturated carbocycles. The van der Waals surface area contributed by atoms with Gasteiger partial charge >= 0.3 is 11.8 Å². The fourth-order valence-electron chi connectivity index (χ4n) is 2.14. The van der Waals surface area contributed by atoms with Crippen molar-refractivity contribution in [1.29, 1.82) is 0 Å². The van der Waals surface area contributed by atoms with Crippen LogP contribution in [-0.4, -0.2) is 36.3 Å². The molecule has 0 fully saturated rings. The van der Waals surface area contributed by atoms with Crippen LogP contribution in [0.15, 0.2) is 53.6 Å². The van der Waals surface area contributed by atoms with E-state index in [2.05, 4.69) is 15.8 Å². The molecule has 2 rings (SSSR count). The second kappa shape index (κ2) is 9.83. The van der Waals surface area contributed by atoms with Gasteiger partial charge in [0.05, 0.1) is 12.8 Å². The number of nitrogens with one attached hydrogen (secondary N) is 2. The van der Waals surface area contributed by atoms with Gasteiger partial charge in [0.15, 0.2) is 11.5 Å². The smallest absolute Gasteiger partial charge is 0.329 e. The van der Waals surface area contributed by atoms with Crippen molar-refractivity contribution >= 4 is 18.0 Å². The topological polar surface area (TPSA) is 100 Å². The van der Waals surface area contributed by atoms with Crippen LogP contribution in [0, 0.1) is 0 Å². The normalized spacial score (nSPS) is 10.5. The van der Waals surface area contributed by atoms with E-state index in [-0.39, 0.29) is 5.75 Å². The van der Waals surface area contributed by atoms with Gasteiger partial charge < -0.3 is 15.2 Å². The Balaban J connectivity index is 1.79. The van der Waals surface area contributed by atoms with Gasteiger partial charge in [-0.25, -0.2) is 5.43 Å². The Labute approximate surface area is 151 Å². The predicted octanol–water partition coefficient (Wildman–Crippen LogP) is 1.60. The number of phenolic OH excluding ortho intramolecular Hbond substituents is 1. The van der Waals surface area contributed by atoms with E-state index in [1.807, 2.05) is 30.3 Å². The molecular weight excluding hydrogens is 334 g/mol. The van der Waals surface area contributed by atoms with Crippen molar-refractivity contribution in [2.45, 2.75) is 13.3 Å². The number of hydrazone groups is 1. The summed E-state index contributed by atoms with van der Waals surface area (Å²) in [5.41, 5.74) is 3.84. The zero-order valence-electron chi connectivity index (χ0n) is 14.4. The summed E-state index contributed by atoms with van der Waals surface area (Å²) >= 11 is 0. The number of nitrogens with zero attached hydrogens (tertiary/aromatic N) is 1. The van der Waals surface area contributed by atoms with Crippen LogP contribution >= 0.6 is 0 Å². The van der Waals surface area contributed by atoms with Gasteiger partial charge in [-0.3, -0.25) is 9.59 Å². The quantitative estimate of drug-likeness (QED) is 0.399. The van der Waals surface area contributed by atoms with Crippen LogP contribution in [-0.2, 0) is 16.0 Å². The molecule has 0 heterocycles. The average molecular weight is 355 g/mol. The third kappa shape index (κ3) is 5.94. The molecule has 0 atom stereocenters. The Morgan fingerprint density at radius 2 is 1.92 bits per heavy atom. The lowest BCUT2D eigenvalue weighted by Gasteiger charge is -2.06. The van der Waals surface area contributed by atoms with Gasteiger partial charge in [-0.15, -0.1) is 0 Å². The van der Waals surface area contributed by atoms with E-state index in [1.54, 1.807) is 19.1 Å². The van der Waals surface area contributed by atoms with Crippen molar-refractivity contribution in [3.63, 3.8) is 0 Å². The van der Waals surface area contributed by atoms with Crippen molar-refractivity contribution in [2.75, 3.05) is 13.2 Å². The van der Waals surface area contributed by atoms with E-state index < -0.39 is 11.8 Å². The molecule has 0 saturated heterocycles. The van der Waals surface area contributed by atoms with Crippen molar-refractivity contribution in [1.82, 2.24) is 10.7 Å². The second-order valence-corrected chi connectivity index (χ2v) is 5.35. The molecule has 2 aromatic carbocycles. The number of amides is 2. The molecule has 2 amide bonds. The molecule has 26 heavy (non-hydrogen) atoms. The molecular formula is C19H21N3O4. The standard InChI is InChI=1S/C19H21N3O4/c1-2-26-17-12-15(8-9-16(17)23)13-21-22-19(25)18(24)20-11-10-14-6-4-3-5-7-14/h3-9,12-13,23H,2,10-11H2,1H3,(H,20,24)(H,22,25)/b21-13+. The SMILES string of the molecule is CCOc1cc(/C=N/NC(=O)C(=O)NCCc2ccccc2)ccc1O. The molecule has 0 unspecified atom stereocenters. The first-order valence-corrected chi connectivity index (χ1v) is 8.21. The molecule has 2 aromatic rings. The van der Waals surface area contributed by atoms with Crippen LogP contribution in [0.3, 0.4) is 0 Å². The number of rotatable bonds is 7. The maximum absolute atomic E-state index is 11.7. The third-order valence-corrected chi connectivity index (χ3v) is 3.41. The first-order chi connectivity index (χ1) is 12.6. The molecule has 0 radical (unpaired) electrons. The number of hydrogen-bond acceptors (Lipinski definition) is 5. The Kier molecular flexibility index (Phi) is 7.17. The fraction of sp³-hybridized carbons (Fsp3) is 0.211. The largest absolute Gasteiger partial charge is 0.504 e. The van der Waals surface area contributed by atoms with Gasteiger partial charge in [0.1, 0.15) is 0 Å². The van der Waals surface area contributed by atoms with Crippen molar-refractivity contribution in [3.05, 3.63) is 59.7 Å². The number of carbonyl (C=O) groups excluding carboxylic acids is 2. The summed E-state index contributed by atoms with van der Waals surface area (Å²) in [4.78, 5) is 23.4. The van der Waals surface area contributed by atoms with Crippen LogP contribution in [0.2, 0.25) is 0 Å². The number of hydrogen-bond donors (Lipinski definition) is 3. The van der Waals surface area contributed by atoms with E-state index in [0.29, 0.717) is 30.9 Å². The molecule has 3 N–H and O–H groups in total. The third-order valence-electron chi connectivity index (χ3n) is 3.41. The number of benzene rings is 2. The Bertz CT molecular complexity index is 776. The van der Waals surface area contributed by atoms with E-state index in [1.165, 1.54) is 12.3 Å². The minimum atomic E-state index is -0.849. The highest BCUT2D eigenvalue weighted by Gasteiger charge is 2.11. The lowest BCUT2D eigenvalue weighted by molar-refractivity contribution is -0.139. The van der Waals surface area contributed by atoms with E-state index in [9.17, 15) is 14.7 Å². The number of phenols is 1. The summed E-state index contributed by atoms with van der Waals surface area (Å²) in [7, 11) is 0. The van der Waals surface area contributed by atoms with Crippen LogP contribution in [0.5, 0.6) is 11.5 Å². The minimum absolute atomic E-state index is 0.0193. The van der Waals surface area contributed by atoms with E-state index >= 15 is 0 Å². The number of carbonyl (C=O) groups is 2. The maximum Gasteiger partial charge on any atom is 0.329 e. The zero-order valence-corrected chi connectivity index (χ0v) is 14.4. The van der Waals surface area contributed by atoms with Crippen LogP contribution < -0.4 is 15.5 Å². The molecule has 7 heteroatoms. The number of aromatic hydroxyl groups is 1. The Morgan fingerprint density at radius 1 is 1.15 bits per heavy atom. The van der Waals surface area contributed by atoms with Crippen LogP contribution in [0.1, 0.15) is 18.1 Å². The minimum Gasteiger partial charge on any atom is -0.504 e. The van der Waals surface area contributed by atoms with Crippen molar-refractivity contribution < 1.29 is 19.4 Å². The van der Waals surface area contributed by atoms with Gasteiger partial charge in [-0.1, -0.05) is 30.3 Å². The maximum atomic E-state index is 11.7. The molecule has 0 bridgehead atoms. The molecule has 0 aromatic heterocycles. The van der Waals surface area contributed by atoms with Crippen molar-refractivity contribution in [3.8, 4) is 11.5 Å². The summed E-state index contributed by atoms with van der Waals surface area (Å²) < 4.78 is 5.26. The molecule has 0 aliphatic rings. The second-order valence-electron chi connectivity index (χ2n) is 5.35. The van der Waals surface area contributed by atoms with Gasteiger partial charge in [0.2, 0.25) is 0 Å². The summed E-state index contributed by atoms with van der Waals surface area (Å²) in [6.45, 7) is 2.57. The fourth-order valence-corrected chi connectivity index (χ4v) is 2.14. The number of ether oxygens (including phenoxy) is 1. The summed E-state index contributed by atoms with van der Waals surface area (Å²) in [5.74, 6) is -1.26. The molecule has 0 aliphatic heterocycles. The predicted molar refractivity (Wildman–Crippen MR) is 98.2 cm³/mol. The van der Waals surface area contributed by atoms with Gasteiger partial charge in [-0.05, 0) is 42.7 Å². The first-order valence-electron chi connectivity index (χ1n) is 8.21. The van der Waals surface area contributed by atoms with Crippen molar-refractivity contribution in [2.24, 2.45) is 5.10 Å². The molecule has 0 aliphatic carbocycles. The lowest BCUT2D eigenvalue weighted by atomic mass is 10.1. The highest BCUT2D eigenvalue weighted by Crippen LogP contribution is 2.26. The lowest BCUT2D eigenvalue weighted by Crippen LogP contribution is -2.38. The molecule has 7 nitrogen and oxygen atoms in total. The van der Waals surface area contributed by atoms with E-state index in [4.69, 9.17) is 4.74 Å². The first kappa shape index (κ1) is 19.0. The average Bonchev–Trinajstić information content (AvgIpc) is 2.65. The summed E-state index contributed by atoms with van der Waals surface area (Å²) in [6, 6.07) is 14.3. The summed E-state index contributed by atoms with van der Waals surface area (Å²) in [5, 5.41) is 15.9. The summed E-state index contributed by atoms with van der Waals surface area (Å²) in [6.07, 6.45) is 1.99. The monoisotopic (exact) mass is 355 g/mol. The zero-order chi connectivity index (χ0) is 18.8. The Hall–Kier alpha value is -3.35. The van der Waals surface area contributed by atoms with Crippen LogP contribution in [0.4, 0.5) is 0 Å². The van der Waals surface area contributed by atoms with E-state index in [0.717, 1.165) is 5.56 Å². The molecule has 0 spiro atoms. The van der Waals surface area contributed by atoms with Gasteiger partial charge in [-0.2, -0.15) is 5.10 Å². The molecule has 136 valence electrons. The highest BCUT2D eigenvalue weighted by molar-refractivity contribution is 6.35. The Morgan fingerprint density at radius 3 is 2.65 bits per heavy atom. The highest BCUT2D eigenvalue weighted by atomic mass is 16.5. The van der Waals surface area contributed by atoms with Gasteiger partial charge in [0, 0.05) is 6.54 Å². The van der Waals surface area contributed by atoms with Crippen LogP contribution in [0.25, 0.3) is 0 Å². The van der Waals surface area contributed by atoms with Gasteiger partial charge in [0.25, 0.3) is 0 Å².